The molecule has 0 aliphatic carbocycles. The summed E-state index contributed by atoms with van der Waals surface area (Å²) in [7, 11) is 0. The Morgan fingerprint density at radius 3 is 2.52 bits per heavy atom. The van der Waals surface area contributed by atoms with Crippen molar-refractivity contribution in [1.82, 2.24) is 15.6 Å². The largest absolute Gasteiger partial charge is 0.381 e. The van der Waals surface area contributed by atoms with Crippen LogP contribution in [0, 0.1) is 0 Å². The molecule has 2 aromatic rings. The Bertz CT molecular complexity index is 670. The van der Waals surface area contributed by atoms with Crippen LogP contribution in [0.2, 0.25) is 0 Å². The van der Waals surface area contributed by atoms with Crippen LogP contribution in [0.1, 0.15) is 41.7 Å². The third-order valence-electron chi connectivity index (χ3n) is 4.80. The van der Waals surface area contributed by atoms with E-state index in [9.17, 15) is 4.79 Å². The lowest BCUT2D eigenvalue weighted by Crippen LogP contribution is -2.57. The molecule has 0 bridgehead atoms. The van der Waals surface area contributed by atoms with Gasteiger partial charge in [0.2, 0.25) is 0 Å². The number of carbonyl (C=O) groups excluding carboxylic acids is 1. The lowest BCUT2D eigenvalue weighted by molar-refractivity contribution is 0.0332. The molecule has 1 atom stereocenters. The molecule has 1 fully saturated rings. The second kappa shape index (κ2) is 8.23. The van der Waals surface area contributed by atoms with Crippen molar-refractivity contribution in [2.75, 3.05) is 19.8 Å². The van der Waals surface area contributed by atoms with Gasteiger partial charge < -0.3 is 15.4 Å². The highest BCUT2D eigenvalue weighted by molar-refractivity contribution is 5.94. The zero-order chi connectivity index (χ0) is 17.5. The molecule has 5 heteroatoms. The van der Waals surface area contributed by atoms with Gasteiger partial charge in [-0.05, 0) is 37.5 Å². The number of hydrogen-bond donors (Lipinski definition) is 2. The Hall–Kier alpha value is -2.24. The van der Waals surface area contributed by atoms with Crippen molar-refractivity contribution in [1.29, 1.82) is 0 Å². The van der Waals surface area contributed by atoms with Gasteiger partial charge in [0.15, 0.2) is 0 Å². The van der Waals surface area contributed by atoms with E-state index in [2.05, 4.69) is 46.8 Å². The topological polar surface area (TPSA) is 63.2 Å². The Kier molecular flexibility index (Phi) is 5.79. The molecular weight excluding hydrogens is 314 g/mol. The van der Waals surface area contributed by atoms with Gasteiger partial charge in [-0.15, -0.1) is 0 Å². The standard InChI is InChI=1S/C20H25N3O2/c1-16(17-5-3-2-4-6-17)23-20(9-13-25-14-10-20)15-22-19(24)18-7-11-21-12-8-18/h2-8,11-12,16,23H,9-10,13-15H2,1H3,(H,22,24)/t16-/m1/s1. The predicted molar refractivity (Wildman–Crippen MR) is 97.3 cm³/mol. The number of amides is 1. The van der Waals surface area contributed by atoms with Gasteiger partial charge in [0.05, 0.1) is 0 Å². The fraction of sp³-hybridized carbons (Fsp3) is 0.400. The minimum absolute atomic E-state index is 0.0672. The van der Waals surface area contributed by atoms with Gasteiger partial charge in [-0.2, -0.15) is 0 Å². The number of hydrogen-bond acceptors (Lipinski definition) is 4. The third kappa shape index (κ3) is 4.65. The molecule has 0 saturated carbocycles. The second-order valence-corrected chi connectivity index (χ2v) is 6.59. The van der Waals surface area contributed by atoms with E-state index < -0.39 is 0 Å². The molecule has 1 aliphatic rings. The fourth-order valence-electron chi connectivity index (χ4n) is 3.27. The van der Waals surface area contributed by atoms with Crippen LogP contribution in [0.15, 0.2) is 54.9 Å². The normalized spacial score (nSPS) is 17.6. The van der Waals surface area contributed by atoms with Gasteiger partial charge in [-0.25, -0.2) is 0 Å². The number of rotatable bonds is 6. The number of nitrogens with one attached hydrogen (secondary N) is 2. The van der Waals surface area contributed by atoms with Crippen LogP contribution < -0.4 is 10.6 Å². The number of pyridine rings is 1. The SMILES string of the molecule is C[C@@H](NC1(CNC(=O)c2ccncc2)CCOCC1)c1ccccc1. The minimum Gasteiger partial charge on any atom is -0.381 e. The maximum absolute atomic E-state index is 12.4. The van der Waals surface area contributed by atoms with E-state index in [1.54, 1.807) is 24.5 Å². The highest BCUT2D eigenvalue weighted by Crippen LogP contribution is 2.25. The Balaban J connectivity index is 1.67. The smallest absolute Gasteiger partial charge is 0.251 e. The highest BCUT2D eigenvalue weighted by atomic mass is 16.5. The van der Waals surface area contributed by atoms with Crippen LogP contribution in [0.4, 0.5) is 0 Å². The number of benzene rings is 1. The average molecular weight is 339 g/mol. The van der Waals surface area contributed by atoms with Crippen molar-refractivity contribution < 1.29 is 9.53 Å². The molecule has 2 heterocycles. The lowest BCUT2D eigenvalue weighted by Gasteiger charge is -2.40. The van der Waals surface area contributed by atoms with Crippen molar-refractivity contribution >= 4 is 5.91 Å². The van der Waals surface area contributed by atoms with E-state index in [4.69, 9.17) is 4.74 Å². The molecule has 3 rings (SSSR count). The monoisotopic (exact) mass is 339 g/mol. The van der Waals surface area contributed by atoms with Gasteiger partial charge >= 0.3 is 0 Å². The zero-order valence-corrected chi connectivity index (χ0v) is 14.6. The first-order chi connectivity index (χ1) is 12.2. The molecule has 0 unspecified atom stereocenters. The summed E-state index contributed by atoms with van der Waals surface area (Å²) in [6.45, 7) is 4.16. The van der Waals surface area contributed by atoms with Crippen LogP contribution in [-0.4, -0.2) is 36.2 Å². The van der Waals surface area contributed by atoms with Crippen LogP contribution in [0.25, 0.3) is 0 Å². The zero-order valence-electron chi connectivity index (χ0n) is 14.6. The van der Waals surface area contributed by atoms with Gasteiger partial charge in [-0.3, -0.25) is 9.78 Å². The Labute approximate surface area is 148 Å². The molecular formula is C20H25N3O2. The molecule has 1 amide bonds. The first-order valence-electron chi connectivity index (χ1n) is 8.77. The van der Waals surface area contributed by atoms with E-state index >= 15 is 0 Å². The predicted octanol–water partition coefficient (Wildman–Crippen LogP) is 2.71. The average Bonchev–Trinajstić information content (AvgIpc) is 2.68. The van der Waals surface area contributed by atoms with Crippen molar-refractivity contribution in [3.05, 3.63) is 66.0 Å². The van der Waals surface area contributed by atoms with E-state index in [1.807, 2.05) is 6.07 Å². The highest BCUT2D eigenvalue weighted by Gasteiger charge is 2.34. The molecule has 0 radical (unpaired) electrons. The van der Waals surface area contributed by atoms with Crippen molar-refractivity contribution in [2.45, 2.75) is 31.3 Å². The summed E-state index contributed by atoms with van der Waals surface area (Å²) in [4.78, 5) is 16.3. The first kappa shape index (κ1) is 17.6. The van der Waals surface area contributed by atoms with Gasteiger partial charge in [0.1, 0.15) is 0 Å². The van der Waals surface area contributed by atoms with E-state index in [1.165, 1.54) is 5.56 Å². The summed E-state index contributed by atoms with van der Waals surface area (Å²) in [5.41, 5.74) is 1.72. The third-order valence-corrected chi connectivity index (χ3v) is 4.80. The Morgan fingerprint density at radius 2 is 1.84 bits per heavy atom. The quantitative estimate of drug-likeness (QED) is 0.849. The summed E-state index contributed by atoms with van der Waals surface area (Å²) in [5, 5.41) is 6.83. The molecule has 5 nitrogen and oxygen atoms in total. The Morgan fingerprint density at radius 1 is 1.16 bits per heavy atom. The molecule has 0 spiro atoms. The maximum Gasteiger partial charge on any atom is 0.251 e. The summed E-state index contributed by atoms with van der Waals surface area (Å²) in [5.74, 6) is -0.0672. The van der Waals surface area contributed by atoms with E-state index in [-0.39, 0.29) is 17.5 Å². The summed E-state index contributed by atoms with van der Waals surface area (Å²) >= 11 is 0. The second-order valence-electron chi connectivity index (χ2n) is 6.59. The van der Waals surface area contributed by atoms with Gasteiger partial charge in [0.25, 0.3) is 5.91 Å². The van der Waals surface area contributed by atoms with Crippen molar-refractivity contribution in [3.8, 4) is 0 Å². The van der Waals surface area contributed by atoms with Crippen LogP contribution in [0.3, 0.4) is 0 Å². The van der Waals surface area contributed by atoms with Crippen LogP contribution in [-0.2, 0) is 4.74 Å². The number of aromatic nitrogens is 1. The van der Waals surface area contributed by atoms with E-state index in [0.717, 1.165) is 12.8 Å². The summed E-state index contributed by atoms with van der Waals surface area (Å²) in [6.07, 6.45) is 5.02. The molecule has 132 valence electrons. The lowest BCUT2D eigenvalue weighted by atomic mass is 9.88. The van der Waals surface area contributed by atoms with Gasteiger partial charge in [-0.1, -0.05) is 30.3 Å². The molecule has 2 N–H and O–H groups in total. The van der Waals surface area contributed by atoms with Crippen LogP contribution >= 0.6 is 0 Å². The molecule has 1 aliphatic heterocycles. The van der Waals surface area contributed by atoms with Gasteiger partial charge in [0, 0.05) is 49.3 Å². The number of carbonyl (C=O) groups is 1. The molecule has 1 aromatic heterocycles. The number of nitrogens with zero attached hydrogens (tertiary/aromatic N) is 1. The molecule has 1 saturated heterocycles. The first-order valence-corrected chi connectivity index (χ1v) is 8.77. The van der Waals surface area contributed by atoms with Crippen LogP contribution in [0.5, 0.6) is 0 Å². The maximum atomic E-state index is 12.4. The fourth-order valence-corrected chi connectivity index (χ4v) is 3.27. The molecule has 1 aromatic carbocycles. The van der Waals surface area contributed by atoms with E-state index in [0.29, 0.717) is 25.3 Å². The number of ether oxygens (including phenoxy) is 1. The van der Waals surface area contributed by atoms with Crippen molar-refractivity contribution in [3.63, 3.8) is 0 Å². The molecule has 25 heavy (non-hydrogen) atoms. The summed E-state index contributed by atoms with van der Waals surface area (Å²) in [6, 6.07) is 14.0. The summed E-state index contributed by atoms with van der Waals surface area (Å²) < 4.78 is 5.54. The van der Waals surface area contributed by atoms with Crippen molar-refractivity contribution in [2.24, 2.45) is 0 Å². The minimum atomic E-state index is -0.157.